The zero-order chi connectivity index (χ0) is 29.1. The predicted molar refractivity (Wildman–Crippen MR) is 161 cm³/mol. The number of sulfonamides is 1. The Bertz CT molecular complexity index is 1350. The average molecular weight is 584 g/mol. The molecule has 0 radical (unpaired) electrons. The van der Waals surface area contributed by atoms with Crippen LogP contribution in [-0.4, -0.2) is 44.3 Å². The summed E-state index contributed by atoms with van der Waals surface area (Å²) in [6.45, 7) is 6.07. The molecule has 0 aliphatic heterocycles. The standard InChI is InChI=1S/C31H38ClN3O4S/c1-4-7-21-33-31(37)29(6-3)34(22-25-13-17-26(32)18-14-25)30(36)23-35(27-19-15-24(5-2)16-20-27)40(38,39)28-11-9-8-10-12-28/h8-20,29H,4-7,21-23H2,1-3H3,(H,33,37)/t29-/m0/s1. The highest BCUT2D eigenvalue weighted by molar-refractivity contribution is 7.92. The van der Waals surface area contributed by atoms with Crippen LogP contribution in [0.25, 0.3) is 0 Å². The molecule has 0 bridgehead atoms. The third kappa shape index (κ3) is 8.08. The van der Waals surface area contributed by atoms with Crippen LogP contribution in [0.4, 0.5) is 5.69 Å². The molecule has 40 heavy (non-hydrogen) atoms. The van der Waals surface area contributed by atoms with Gasteiger partial charge in [0.15, 0.2) is 0 Å². The maximum absolute atomic E-state index is 14.0. The molecule has 0 fully saturated rings. The predicted octanol–water partition coefficient (Wildman–Crippen LogP) is 5.82. The van der Waals surface area contributed by atoms with Gasteiger partial charge in [-0.15, -0.1) is 0 Å². The highest BCUT2D eigenvalue weighted by Crippen LogP contribution is 2.25. The van der Waals surface area contributed by atoms with E-state index in [1.807, 2.05) is 32.9 Å². The van der Waals surface area contributed by atoms with E-state index >= 15 is 0 Å². The summed E-state index contributed by atoms with van der Waals surface area (Å²) >= 11 is 6.07. The van der Waals surface area contributed by atoms with Crippen molar-refractivity contribution in [3.05, 3.63) is 95.0 Å². The van der Waals surface area contributed by atoms with Crippen molar-refractivity contribution in [1.29, 1.82) is 0 Å². The van der Waals surface area contributed by atoms with E-state index in [-0.39, 0.29) is 17.3 Å². The van der Waals surface area contributed by atoms with E-state index < -0.39 is 28.5 Å². The number of rotatable bonds is 14. The second-order valence-electron chi connectivity index (χ2n) is 9.56. The van der Waals surface area contributed by atoms with Crippen molar-refractivity contribution in [1.82, 2.24) is 10.2 Å². The summed E-state index contributed by atoms with van der Waals surface area (Å²) in [6, 6.07) is 21.5. The minimum atomic E-state index is -4.08. The number of hydrogen-bond acceptors (Lipinski definition) is 4. The number of carbonyl (C=O) groups excluding carboxylic acids is 2. The molecule has 0 aliphatic carbocycles. The third-order valence-corrected chi connectivity index (χ3v) is 8.76. The topological polar surface area (TPSA) is 86.8 Å². The molecular formula is C31H38ClN3O4S. The summed E-state index contributed by atoms with van der Waals surface area (Å²) in [6.07, 6.45) is 2.91. The summed E-state index contributed by atoms with van der Waals surface area (Å²) in [5, 5.41) is 3.49. The number of amides is 2. The minimum absolute atomic E-state index is 0.0796. The number of carbonyl (C=O) groups is 2. The first kappa shape index (κ1) is 31.2. The molecular weight excluding hydrogens is 546 g/mol. The van der Waals surface area contributed by atoms with Crippen LogP contribution in [0.2, 0.25) is 5.02 Å². The van der Waals surface area contributed by atoms with E-state index in [0.717, 1.165) is 34.7 Å². The van der Waals surface area contributed by atoms with Gasteiger partial charge in [-0.05, 0) is 66.8 Å². The molecule has 1 atom stereocenters. The van der Waals surface area contributed by atoms with Crippen molar-refractivity contribution in [3.63, 3.8) is 0 Å². The van der Waals surface area contributed by atoms with E-state index in [2.05, 4.69) is 5.32 Å². The average Bonchev–Trinajstić information content (AvgIpc) is 2.97. The Morgan fingerprint density at radius 3 is 2.08 bits per heavy atom. The number of nitrogens with zero attached hydrogens (tertiary/aromatic N) is 2. The lowest BCUT2D eigenvalue weighted by Crippen LogP contribution is -2.52. The van der Waals surface area contributed by atoms with Crippen LogP contribution in [-0.2, 0) is 32.6 Å². The Balaban J connectivity index is 2.02. The van der Waals surface area contributed by atoms with Gasteiger partial charge < -0.3 is 10.2 Å². The first-order chi connectivity index (χ1) is 19.2. The molecule has 0 aromatic heterocycles. The van der Waals surface area contributed by atoms with Crippen LogP contribution in [0, 0.1) is 0 Å². The second-order valence-corrected chi connectivity index (χ2v) is 11.9. The van der Waals surface area contributed by atoms with Gasteiger partial charge in [-0.1, -0.05) is 81.3 Å². The lowest BCUT2D eigenvalue weighted by molar-refractivity contribution is -0.140. The number of unbranched alkanes of at least 4 members (excludes halogenated alkanes) is 1. The van der Waals surface area contributed by atoms with Gasteiger partial charge in [0, 0.05) is 18.1 Å². The van der Waals surface area contributed by atoms with Gasteiger partial charge in [0.05, 0.1) is 10.6 Å². The number of halogens is 1. The van der Waals surface area contributed by atoms with Gasteiger partial charge in [-0.2, -0.15) is 0 Å². The molecule has 1 N–H and O–H groups in total. The van der Waals surface area contributed by atoms with Gasteiger partial charge in [-0.3, -0.25) is 13.9 Å². The lowest BCUT2D eigenvalue weighted by Gasteiger charge is -2.33. The lowest BCUT2D eigenvalue weighted by atomic mass is 10.1. The SMILES string of the molecule is CCCCNC(=O)[C@H](CC)N(Cc1ccc(Cl)cc1)C(=O)CN(c1ccc(CC)cc1)S(=O)(=O)c1ccccc1. The van der Waals surface area contributed by atoms with Crippen LogP contribution >= 0.6 is 11.6 Å². The fourth-order valence-electron chi connectivity index (χ4n) is 4.36. The highest BCUT2D eigenvalue weighted by atomic mass is 35.5. The number of nitrogens with one attached hydrogen (secondary N) is 1. The van der Waals surface area contributed by atoms with Crippen LogP contribution in [0.3, 0.4) is 0 Å². The summed E-state index contributed by atoms with van der Waals surface area (Å²) < 4.78 is 28.8. The zero-order valence-corrected chi connectivity index (χ0v) is 24.9. The van der Waals surface area contributed by atoms with Crippen LogP contribution in [0.1, 0.15) is 51.2 Å². The fraction of sp³-hybridized carbons (Fsp3) is 0.355. The number of hydrogen-bond donors (Lipinski definition) is 1. The summed E-state index contributed by atoms with van der Waals surface area (Å²) in [5.41, 5.74) is 2.20. The molecule has 9 heteroatoms. The van der Waals surface area contributed by atoms with Crippen LogP contribution < -0.4 is 9.62 Å². The normalized spacial score (nSPS) is 12.0. The van der Waals surface area contributed by atoms with Crippen LogP contribution in [0.15, 0.2) is 83.8 Å². The second kappa shape index (κ2) is 14.9. The Labute approximate surface area is 243 Å². The van der Waals surface area contributed by atoms with Crippen molar-refractivity contribution in [2.24, 2.45) is 0 Å². The number of aryl methyl sites for hydroxylation is 1. The number of anilines is 1. The molecule has 214 valence electrons. The van der Waals surface area contributed by atoms with Crippen molar-refractivity contribution in [2.45, 2.75) is 63.9 Å². The molecule has 3 rings (SSSR count). The van der Waals surface area contributed by atoms with Crippen molar-refractivity contribution in [3.8, 4) is 0 Å². The monoisotopic (exact) mass is 583 g/mol. The van der Waals surface area contributed by atoms with E-state index in [9.17, 15) is 18.0 Å². The maximum Gasteiger partial charge on any atom is 0.264 e. The van der Waals surface area contributed by atoms with E-state index in [4.69, 9.17) is 11.6 Å². The Hall–Kier alpha value is -3.36. The first-order valence-electron chi connectivity index (χ1n) is 13.7. The van der Waals surface area contributed by atoms with Crippen LogP contribution in [0.5, 0.6) is 0 Å². The summed E-state index contributed by atoms with van der Waals surface area (Å²) in [5.74, 6) is -0.741. The molecule has 0 aliphatic rings. The molecule has 3 aromatic rings. The molecule has 0 saturated carbocycles. The highest BCUT2D eigenvalue weighted by Gasteiger charge is 2.33. The largest absolute Gasteiger partial charge is 0.354 e. The minimum Gasteiger partial charge on any atom is -0.354 e. The zero-order valence-electron chi connectivity index (χ0n) is 23.3. The fourth-order valence-corrected chi connectivity index (χ4v) is 5.92. The summed E-state index contributed by atoms with van der Waals surface area (Å²) in [4.78, 5) is 28.8. The van der Waals surface area contributed by atoms with Crippen molar-refractivity contribution in [2.75, 3.05) is 17.4 Å². The van der Waals surface area contributed by atoms with Gasteiger partial charge in [0.1, 0.15) is 12.6 Å². The molecule has 2 amide bonds. The van der Waals surface area contributed by atoms with Gasteiger partial charge in [-0.25, -0.2) is 8.42 Å². The molecule has 7 nitrogen and oxygen atoms in total. The van der Waals surface area contributed by atoms with Gasteiger partial charge in [0.25, 0.3) is 10.0 Å². The Morgan fingerprint density at radius 2 is 1.50 bits per heavy atom. The smallest absolute Gasteiger partial charge is 0.264 e. The third-order valence-electron chi connectivity index (χ3n) is 6.72. The van der Waals surface area contributed by atoms with E-state index in [1.165, 1.54) is 17.0 Å². The molecule has 0 saturated heterocycles. The Kier molecular flexibility index (Phi) is 11.6. The van der Waals surface area contributed by atoms with Gasteiger partial charge in [0.2, 0.25) is 11.8 Å². The number of benzene rings is 3. The quantitative estimate of drug-likeness (QED) is 0.242. The van der Waals surface area contributed by atoms with Crippen molar-refractivity contribution >= 4 is 39.1 Å². The van der Waals surface area contributed by atoms with Crippen molar-refractivity contribution < 1.29 is 18.0 Å². The Morgan fingerprint density at radius 1 is 0.875 bits per heavy atom. The molecule has 3 aromatic carbocycles. The summed E-state index contributed by atoms with van der Waals surface area (Å²) in [7, 11) is -4.08. The maximum atomic E-state index is 14.0. The van der Waals surface area contributed by atoms with E-state index in [1.54, 1.807) is 54.6 Å². The first-order valence-corrected chi connectivity index (χ1v) is 15.5. The molecule has 0 heterocycles. The van der Waals surface area contributed by atoms with Gasteiger partial charge >= 0.3 is 0 Å². The van der Waals surface area contributed by atoms with E-state index in [0.29, 0.717) is 23.7 Å². The molecule has 0 unspecified atom stereocenters. The molecule has 0 spiro atoms.